The number of rotatable bonds is 7. The number of azide groups is 1. The molecule has 1 N–H and O–H groups in total. The molecule has 112 valence electrons. The summed E-state index contributed by atoms with van der Waals surface area (Å²) in [5.74, 6) is 0.273. The molecule has 8 nitrogen and oxygen atoms in total. The van der Waals surface area contributed by atoms with Gasteiger partial charge in [-0.25, -0.2) is 4.79 Å². The van der Waals surface area contributed by atoms with Crippen LogP contribution in [0.2, 0.25) is 0 Å². The van der Waals surface area contributed by atoms with Gasteiger partial charge in [-0.1, -0.05) is 24.2 Å². The SMILES string of the molecule is CCC(=O)C(OC(=O)NC)c1ccc(OCN=[N+]=[N-])cc1. The second-order valence-electron chi connectivity index (χ2n) is 3.93. The molecule has 0 aliphatic carbocycles. The number of carbonyl (C=O) groups excluding carboxylic acids is 2. The molecule has 0 aromatic heterocycles. The van der Waals surface area contributed by atoms with Crippen molar-refractivity contribution in [1.82, 2.24) is 5.32 Å². The van der Waals surface area contributed by atoms with E-state index in [2.05, 4.69) is 15.3 Å². The first-order valence-electron chi connectivity index (χ1n) is 6.27. The molecule has 1 atom stereocenters. The lowest BCUT2D eigenvalue weighted by Gasteiger charge is -2.16. The van der Waals surface area contributed by atoms with Crippen molar-refractivity contribution in [3.63, 3.8) is 0 Å². The van der Waals surface area contributed by atoms with Gasteiger partial charge in [0.25, 0.3) is 0 Å². The van der Waals surface area contributed by atoms with Gasteiger partial charge >= 0.3 is 6.09 Å². The summed E-state index contributed by atoms with van der Waals surface area (Å²) in [6.07, 6.45) is -1.39. The van der Waals surface area contributed by atoms with E-state index in [-0.39, 0.29) is 18.9 Å². The fraction of sp³-hybridized carbons (Fsp3) is 0.385. The highest BCUT2D eigenvalue weighted by molar-refractivity contribution is 5.86. The number of alkyl carbamates (subject to hydrolysis) is 1. The Labute approximate surface area is 121 Å². The molecule has 0 saturated heterocycles. The number of ketones is 1. The van der Waals surface area contributed by atoms with Crippen LogP contribution in [0.1, 0.15) is 25.0 Å². The van der Waals surface area contributed by atoms with Crippen LogP contribution >= 0.6 is 0 Å². The van der Waals surface area contributed by atoms with Crippen molar-refractivity contribution in [2.45, 2.75) is 19.4 Å². The van der Waals surface area contributed by atoms with Gasteiger partial charge in [-0.15, -0.1) is 0 Å². The van der Waals surface area contributed by atoms with E-state index >= 15 is 0 Å². The van der Waals surface area contributed by atoms with Gasteiger partial charge in [0.15, 0.2) is 18.6 Å². The molecular formula is C13H16N4O4. The molecule has 0 fully saturated rings. The highest BCUT2D eigenvalue weighted by Crippen LogP contribution is 2.23. The van der Waals surface area contributed by atoms with Crippen molar-refractivity contribution in [3.05, 3.63) is 40.3 Å². The maximum atomic E-state index is 11.9. The van der Waals surface area contributed by atoms with Crippen LogP contribution in [0.3, 0.4) is 0 Å². The first-order chi connectivity index (χ1) is 10.1. The molecule has 1 aromatic carbocycles. The van der Waals surface area contributed by atoms with Gasteiger partial charge in [0.1, 0.15) is 5.75 Å². The third-order valence-corrected chi connectivity index (χ3v) is 2.60. The summed E-state index contributed by atoms with van der Waals surface area (Å²) >= 11 is 0. The predicted octanol–water partition coefficient (Wildman–Crippen LogP) is 2.71. The van der Waals surface area contributed by atoms with Crippen LogP contribution in [0, 0.1) is 0 Å². The molecule has 0 aliphatic heterocycles. The number of hydrogen-bond donors (Lipinski definition) is 1. The van der Waals surface area contributed by atoms with Gasteiger partial charge in [0.05, 0.1) is 0 Å². The largest absolute Gasteiger partial charge is 0.488 e. The number of carbonyl (C=O) groups is 2. The summed E-state index contributed by atoms with van der Waals surface area (Å²) in [4.78, 5) is 25.7. The molecular weight excluding hydrogens is 276 g/mol. The molecule has 0 heterocycles. The summed E-state index contributed by atoms with van der Waals surface area (Å²) in [7, 11) is 1.42. The Kier molecular flexibility index (Phi) is 6.56. The van der Waals surface area contributed by atoms with Crippen LogP contribution in [0.5, 0.6) is 5.75 Å². The molecule has 1 amide bonds. The lowest BCUT2D eigenvalue weighted by molar-refractivity contribution is -0.127. The van der Waals surface area contributed by atoms with E-state index in [1.165, 1.54) is 7.05 Å². The van der Waals surface area contributed by atoms with Gasteiger partial charge in [0, 0.05) is 23.9 Å². The third kappa shape index (κ3) is 5.04. The minimum absolute atomic E-state index is 0.123. The number of benzene rings is 1. The van der Waals surface area contributed by atoms with E-state index in [1.54, 1.807) is 31.2 Å². The Morgan fingerprint density at radius 2 is 2.05 bits per heavy atom. The van der Waals surface area contributed by atoms with Crippen molar-refractivity contribution in [3.8, 4) is 5.75 Å². The van der Waals surface area contributed by atoms with E-state index in [0.29, 0.717) is 11.3 Å². The van der Waals surface area contributed by atoms with E-state index in [1.807, 2.05) is 0 Å². The van der Waals surface area contributed by atoms with E-state index in [9.17, 15) is 9.59 Å². The zero-order valence-electron chi connectivity index (χ0n) is 11.8. The number of hydrogen-bond acceptors (Lipinski definition) is 5. The molecule has 0 bridgehead atoms. The Morgan fingerprint density at radius 3 is 2.57 bits per heavy atom. The van der Waals surface area contributed by atoms with Crippen LogP contribution in [0.4, 0.5) is 4.79 Å². The molecule has 8 heteroatoms. The van der Waals surface area contributed by atoms with Crippen molar-refractivity contribution in [1.29, 1.82) is 0 Å². The van der Waals surface area contributed by atoms with E-state index in [0.717, 1.165) is 0 Å². The Morgan fingerprint density at radius 1 is 1.38 bits per heavy atom. The van der Waals surface area contributed by atoms with E-state index in [4.69, 9.17) is 15.0 Å². The highest BCUT2D eigenvalue weighted by Gasteiger charge is 2.23. The first-order valence-corrected chi connectivity index (χ1v) is 6.27. The lowest BCUT2D eigenvalue weighted by Crippen LogP contribution is -2.25. The number of amides is 1. The smallest absolute Gasteiger partial charge is 0.407 e. The van der Waals surface area contributed by atoms with Crippen molar-refractivity contribution >= 4 is 11.9 Å². The molecule has 1 aromatic rings. The first kappa shape index (κ1) is 16.3. The van der Waals surface area contributed by atoms with Gasteiger partial charge in [-0.05, 0) is 17.7 Å². The Hall–Kier alpha value is -2.73. The maximum absolute atomic E-state index is 11.9. The van der Waals surface area contributed by atoms with Gasteiger partial charge in [0.2, 0.25) is 0 Å². The minimum atomic E-state index is -0.957. The average molecular weight is 292 g/mol. The van der Waals surface area contributed by atoms with Gasteiger partial charge in [-0.2, -0.15) is 0 Å². The Bertz CT molecular complexity index is 538. The Balaban J connectivity index is 2.85. The third-order valence-electron chi connectivity index (χ3n) is 2.60. The van der Waals surface area contributed by atoms with E-state index < -0.39 is 12.2 Å². The summed E-state index contributed by atoms with van der Waals surface area (Å²) in [6, 6.07) is 6.44. The second-order valence-corrected chi connectivity index (χ2v) is 3.93. The fourth-order valence-corrected chi connectivity index (χ4v) is 1.54. The lowest BCUT2D eigenvalue weighted by atomic mass is 10.0. The van der Waals surface area contributed by atoms with Crippen LogP contribution in [-0.2, 0) is 9.53 Å². The number of ether oxygens (including phenoxy) is 2. The summed E-state index contributed by atoms with van der Waals surface area (Å²) in [6.45, 7) is 1.57. The minimum Gasteiger partial charge on any atom is -0.488 e. The quantitative estimate of drug-likeness (QED) is 0.472. The average Bonchev–Trinajstić information content (AvgIpc) is 2.52. The summed E-state index contributed by atoms with van der Waals surface area (Å²) in [5.41, 5.74) is 8.69. The maximum Gasteiger partial charge on any atom is 0.407 e. The van der Waals surface area contributed by atoms with Crippen LogP contribution in [0.15, 0.2) is 29.4 Å². The van der Waals surface area contributed by atoms with Crippen LogP contribution < -0.4 is 10.1 Å². The van der Waals surface area contributed by atoms with Crippen LogP contribution in [0.25, 0.3) is 10.4 Å². The summed E-state index contributed by atoms with van der Waals surface area (Å²) in [5, 5.41) is 5.55. The number of nitrogens with zero attached hydrogens (tertiary/aromatic N) is 3. The van der Waals surface area contributed by atoms with Crippen molar-refractivity contribution < 1.29 is 19.1 Å². The highest BCUT2D eigenvalue weighted by atomic mass is 16.6. The molecule has 0 aliphatic rings. The number of Topliss-reactive ketones (excluding diaryl/α,β-unsaturated/α-hetero) is 1. The molecule has 1 rings (SSSR count). The van der Waals surface area contributed by atoms with Crippen molar-refractivity contribution in [2.75, 3.05) is 13.8 Å². The van der Waals surface area contributed by atoms with Crippen LogP contribution in [-0.4, -0.2) is 25.7 Å². The number of nitrogens with one attached hydrogen (secondary N) is 1. The zero-order chi connectivity index (χ0) is 15.7. The normalized spacial score (nSPS) is 11.0. The molecule has 1 unspecified atom stereocenters. The van der Waals surface area contributed by atoms with Gasteiger partial charge < -0.3 is 14.8 Å². The topological polar surface area (TPSA) is 113 Å². The molecule has 21 heavy (non-hydrogen) atoms. The van der Waals surface area contributed by atoms with Gasteiger partial charge in [-0.3, -0.25) is 4.79 Å². The molecule has 0 radical (unpaired) electrons. The van der Waals surface area contributed by atoms with Crippen molar-refractivity contribution in [2.24, 2.45) is 5.11 Å². The standard InChI is InChI=1S/C13H16N4O4/c1-3-11(18)12(21-13(19)15-2)9-4-6-10(7-5-9)20-8-16-17-14/h4-7,12H,3,8H2,1-2H3,(H,15,19). The summed E-state index contributed by atoms with van der Waals surface area (Å²) < 4.78 is 10.2. The second kappa shape index (κ2) is 8.44. The fourth-order valence-electron chi connectivity index (χ4n) is 1.54. The monoisotopic (exact) mass is 292 g/mol. The predicted molar refractivity (Wildman–Crippen MR) is 74.7 cm³/mol. The molecule has 0 saturated carbocycles. The molecule has 0 spiro atoms. The zero-order valence-corrected chi connectivity index (χ0v) is 11.8.